The molecule has 0 bridgehead atoms. The Morgan fingerprint density at radius 3 is 1.57 bits per heavy atom. The lowest BCUT2D eigenvalue weighted by Gasteiger charge is -2.27. The number of carboxylic acid groups (broad SMARTS) is 2. The van der Waals surface area contributed by atoms with E-state index in [1.54, 1.807) is 6.92 Å². The maximum atomic E-state index is 13.6. The van der Waals surface area contributed by atoms with Crippen molar-refractivity contribution < 1.29 is 54.3 Å². The Bertz CT molecular complexity index is 1450. The van der Waals surface area contributed by atoms with Crippen LogP contribution in [0.15, 0.2) is 48.5 Å². The summed E-state index contributed by atoms with van der Waals surface area (Å²) in [7, 11) is 0. The first-order valence-corrected chi connectivity index (χ1v) is 15.7. The van der Waals surface area contributed by atoms with Gasteiger partial charge in [-0.1, -0.05) is 44.5 Å². The van der Waals surface area contributed by atoms with E-state index < -0.39 is 84.7 Å². The van der Waals surface area contributed by atoms with Gasteiger partial charge in [0.05, 0.1) is 12.1 Å². The second-order valence-electron chi connectivity index (χ2n) is 11.8. The van der Waals surface area contributed by atoms with Gasteiger partial charge in [-0.25, -0.2) is 4.79 Å². The number of nitrogens with two attached hydrogens (primary N) is 1. The maximum absolute atomic E-state index is 13.6. The number of aliphatic carboxylic acids is 2. The van der Waals surface area contributed by atoms with Gasteiger partial charge in [-0.15, -0.1) is 0 Å². The van der Waals surface area contributed by atoms with E-state index in [1.807, 2.05) is 6.92 Å². The molecule has 0 aliphatic carbocycles. The Balaban J connectivity index is 2.29. The predicted molar refractivity (Wildman–Crippen MR) is 175 cm³/mol. The fraction of sp³-hybridized carbons (Fsp3) is 0.455. The number of aliphatic hydroxyl groups excluding tert-OH is 1. The van der Waals surface area contributed by atoms with Crippen LogP contribution in [0.1, 0.15) is 51.2 Å². The van der Waals surface area contributed by atoms with Crippen LogP contribution in [0.2, 0.25) is 0 Å². The standard InChI is InChI=1S/C33H45N5O11/c1-4-17(2)27(34)31(46)36-24(15-19-5-9-21(40)10-6-19)30(45)35-23(13-14-26(42)43)29(44)38-28(18(3)39)32(47)37-25(33(48)49)16-20-7-11-22(41)12-8-20/h5-12,17-18,23-25,27-28,39-41H,4,13-16,34H2,1-3H3,(H,35,45)(H,36,46)(H,37,47)(H,38,44)(H,42,43)(H,48,49)/t17-,18+,23-,24-,25-,27-,28-/m0/s1. The number of carbonyl (C=O) groups is 6. The van der Waals surface area contributed by atoms with Crippen LogP contribution < -0.4 is 27.0 Å². The number of aromatic hydroxyl groups is 2. The van der Waals surface area contributed by atoms with Gasteiger partial charge in [0.2, 0.25) is 23.6 Å². The van der Waals surface area contributed by atoms with Gasteiger partial charge in [0.25, 0.3) is 0 Å². The molecule has 11 N–H and O–H groups in total. The minimum Gasteiger partial charge on any atom is -0.508 e. The first kappa shape index (κ1) is 40.0. The molecule has 2 aromatic carbocycles. The zero-order valence-electron chi connectivity index (χ0n) is 27.5. The molecule has 4 amide bonds. The van der Waals surface area contributed by atoms with Crippen molar-refractivity contribution in [2.45, 2.75) is 89.2 Å². The lowest BCUT2D eigenvalue weighted by Crippen LogP contribution is -2.61. The highest BCUT2D eigenvalue weighted by Gasteiger charge is 2.34. The minimum atomic E-state index is -1.72. The highest BCUT2D eigenvalue weighted by atomic mass is 16.4. The van der Waals surface area contributed by atoms with Crippen molar-refractivity contribution in [3.05, 3.63) is 59.7 Å². The molecule has 0 saturated heterocycles. The smallest absolute Gasteiger partial charge is 0.326 e. The molecule has 268 valence electrons. The predicted octanol–water partition coefficient (Wildman–Crippen LogP) is -0.474. The first-order chi connectivity index (χ1) is 23.0. The summed E-state index contributed by atoms with van der Waals surface area (Å²) in [4.78, 5) is 76.5. The first-order valence-electron chi connectivity index (χ1n) is 15.7. The lowest BCUT2D eigenvalue weighted by molar-refractivity contribution is -0.143. The van der Waals surface area contributed by atoms with Crippen molar-refractivity contribution in [1.82, 2.24) is 21.3 Å². The van der Waals surface area contributed by atoms with E-state index in [0.717, 1.165) is 6.92 Å². The minimum absolute atomic E-state index is 0.0373. The summed E-state index contributed by atoms with van der Waals surface area (Å²) in [5.41, 5.74) is 7.04. The van der Waals surface area contributed by atoms with E-state index >= 15 is 0 Å². The van der Waals surface area contributed by atoms with Gasteiger partial charge < -0.3 is 52.5 Å². The molecule has 2 rings (SSSR count). The summed E-state index contributed by atoms with van der Waals surface area (Å²) in [6.45, 7) is 4.75. The van der Waals surface area contributed by atoms with Crippen LogP contribution in [0, 0.1) is 5.92 Å². The molecular formula is C33H45N5O11. The Hall–Kier alpha value is -5.22. The fourth-order valence-electron chi connectivity index (χ4n) is 4.65. The summed E-state index contributed by atoms with van der Waals surface area (Å²) < 4.78 is 0. The molecule has 0 saturated carbocycles. The molecule has 0 spiro atoms. The SMILES string of the molecule is CC[C@H](C)[C@H](N)C(=O)N[C@@H](Cc1ccc(O)cc1)C(=O)N[C@@H](CCC(=O)O)C(=O)N[C@H](C(=O)N[C@@H](Cc1ccc(O)cc1)C(=O)O)[C@@H](C)O. The number of carboxylic acids is 2. The van der Waals surface area contributed by atoms with E-state index in [0.29, 0.717) is 17.5 Å². The number of hydrogen-bond acceptors (Lipinski definition) is 10. The number of rotatable bonds is 19. The number of aliphatic hydroxyl groups is 1. The number of nitrogens with one attached hydrogen (secondary N) is 4. The van der Waals surface area contributed by atoms with E-state index in [-0.39, 0.29) is 30.3 Å². The van der Waals surface area contributed by atoms with Gasteiger partial charge in [-0.05, 0) is 54.7 Å². The van der Waals surface area contributed by atoms with Crippen molar-refractivity contribution >= 4 is 35.6 Å². The molecule has 0 aromatic heterocycles. The van der Waals surface area contributed by atoms with Gasteiger partial charge in [-0.2, -0.15) is 0 Å². The molecule has 7 atom stereocenters. The molecule has 16 nitrogen and oxygen atoms in total. The number of hydrogen-bond donors (Lipinski definition) is 10. The summed E-state index contributed by atoms with van der Waals surface area (Å²) >= 11 is 0. The van der Waals surface area contributed by atoms with Crippen LogP contribution >= 0.6 is 0 Å². The molecule has 0 aliphatic rings. The molecule has 2 aromatic rings. The summed E-state index contributed by atoms with van der Waals surface area (Å²) in [5, 5.41) is 58.0. The van der Waals surface area contributed by atoms with Gasteiger partial charge >= 0.3 is 11.9 Å². The normalized spacial score (nSPS) is 15.3. The fourth-order valence-corrected chi connectivity index (χ4v) is 4.65. The van der Waals surface area contributed by atoms with Crippen molar-refractivity contribution in [3.8, 4) is 11.5 Å². The third kappa shape index (κ3) is 13.1. The van der Waals surface area contributed by atoms with Crippen molar-refractivity contribution in [2.75, 3.05) is 0 Å². The number of benzene rings is 2. The van der Waals surface area contributed by atoms with Gasteiger partial charge in [0, 0.05) is 19.3 Å². The van der Waals surface area contributed by atoms with Crippen LogP contribution in [0.25, 0.3) is 0 Å². The Labute approximate surface area is 283 Å². The number of carbonyl (C=O) groups excluding carboxylic acids is 4. The van der Waals surface area contributed by atoms with E-state index in [9.17, 15) is 54.3 Å². The summed E-state index contributed by atoms with van der Waals surface area (Å²) in [5.74, 6) is -6.72. The molecule has 0 fully saturated rings. The number of amides is 4. The molecule has 16 heteroatoms. The van der Waals surface area contributed by atoms with Crippen LogP contribution in [0.4, 0.5) is 0 Å². The van der Waals surface area contributed by atoms with Gasteiger partial charge in [0.15, 0.2) is 0 Å². The molecular weight excluding hydrogens is 642 g/mol. The molecule has 0 unspecified atom stereocenters. The average molecular weight is 688 g/mol. The van der Waals surface area contributed by atoms with E-state index in [1.165, 1.54) is 48.5 Å². The maximum Gasteiger partial charge on any atom is 0.326 e. The van der Waals surface area contributed by atoms with Crippen LogP contribution in [-0.2, 0) is 41.6 Å². The lowest BCUT2D eigenvalue weighted by atomic mass is 9.98. The van der Waals surface area contributed by atoms with Crippen LogP contribution in [-0.4, -0.2) is 97.4 Å². The summed E-state index contributed by atoms with van der Waals surface area (Å²) in [6.07, 6.45) is -2.34. The third-order valence-corrected chi connectivity index (χ3v) is 7.90. The van der Waals surface area contributed by atoms with Gasteiger partial charge in [0.1, 0.15) is 35.7 Å². The number of phenolic OH excluding ortho intramolecular Hbond substituents is 2. The van der Waals surface area contributed by atoms with E-state index in [2.05, 4.69) is 21.3 Å². The Morgan fingerprint density at radius 1 is 0.673 bits per heavy atom. The van der Waals surface area contributed by atoms with Crippen molar-refractivity contribution in [3.63, 3.8) is 0 Å². The monoisotopic (exact) mass is 687 g/mol. The summed E-state index contributed by atoms with van der Waals surface area (Å²) in [6, 6.07) is 4.29. The third-order valence-electron chi connectivity index (χ3n) is 7.90. The zero-order valence-corrected chi connectivity index (χ0v) is 27.5. The highest BCUT2D eigenvalue weighted by molar-refractivity contribution is 5.96. The van der Waals surface area contributed by atoms with Crippen LogP contribution in [0.3, 0.4) is 0 Å². The number of phenols is 2. The Morgan fingerprint density at radius 2 is 1.12 bits per heavy atom. The van der Waals surface area contributed by atoms with E-state index in [4.69, 9.17) is 5.73 Å². The molecule has 49 heavy (non-hydrogen) atoms. The second-order valence-corrected chi connectivity index (χ2v) is 11.8. The van der Waals surface area contributed by atoms with Crippen LogP contribution in [0.5, 0.6) is 11.5 Å². The molecule has 0 aliphatic heterocycles. The highest BCUT2D eigenvalue weighted by Crippen LogP contribution is 2.14. The average Bonchev–Trinajstić information content (AvgIpc) is 3.05. The second kappa shape index (κ2) is 18.9. The van der Waals surface area contributed by atoms with Crippen molar-refractivity contribution in [1.29, 1.82) is 0 Å². The zero-order chi connectivity index (χ0) is 36.8. The molecule has 0 heterocycles. The van der Waals surface area contributed by atoms with Crippen molar-refractivity contribution in [2.24, 2.45) is 11.7 Å². The molecule has 0 radical (unpaired) electrons. The van der Waals surface area contributed by atoms with Gasteiger partial charge in [-0.3, -0.25) is 24.0 Å². The largest absolute Gasteiger partial charge is 0.508 e. The quantitative estimate of drug-likeness (QED) is 0.0897. The topological polar surface area (TPSA) is 278 Å². The Kier molecular flexibility index (Phi) is 15.4.